The number of hydrogen-bond acceptors (Lipinski definition) is 4. The summed E-state index contributed by atoms with van der Waals surface area (Å²) in [4.78, 5) is 11.9. The van der Waals surface area contributed by atoms with E-state index in [4.69, 9.17) is 0 Å². The van der Waals surface area contributed by atoms with E-state index in [0.717, 1.165) is 27.6 Å². The van der Waals surface area contributed by atoms with E-state index in [1.54, 1.807) is 11.3 Å². The fraction of sp³-hybridized carbons (Fsp3) is 0.231. The third kappa shape index (κ3) is 2.09. The maximum atomic E-state index is 4.39. The molecule has 2 heterocycles. The molecule has 0 saturated carbocycles. The summed E-state index contributed by atoms with van der Waals surface area (Å²) in [5, 5.41) is 6.53. The van der Waals surface area contributed by atoms with Crippen LogP contribution in [0, 0.1) is 6.92 Å². The van der Waals surface area contributed by atoms with E-state index in [2.05, 4.69) is 33.3 Å². The quantitative estimate of drug-likeness (QED) is 0.756. The van der Waals surface area contributed by atoms with Crippen LogP contribution in [0.4, 0.5) is 5.69 Å². The van der Waals surface area contributed by atoms with Crippen molar-refractivity contribution in [2.75, 3.05) is 5.32 Å². The largest absolute Gasteiger partial charge is 0.376 e. The molecule has 1 unspecified atom stereocenters. The number of benzene rings is 1. The lowest BCUT2D eigenvalue weighted by atomic mass is 10.2. The maximum Gasteiger partial charge on any atom is 0.115 e. The van der Waals surface area contributed by atoms with Gasteiger partial charge in [0.2, 0.25) is 0 Å². The van der Waals surface area contributed by atoms with E-state index < -0.39 is 0 Å². The molecule has 1 aromatic carbocycles. The Morgan fingerprint density at radius 2 is 2.28 bits per heavy atom. The van der Waals surface area contributed by atoms with E-state index in [1.807, 2.05) is 30.6 Å². The van der Waals surface area contributed by atoms with Crippen molar-refractivity contribution in [3.63, 3.8) is 0 Å². The van der Waals surface area contributed by atoms with Gasteiger partial charge < -0.3 is 10.3 Å². The Kier molecular flexibility index (Phi) is 2.76. The molecule has 3 aromatic rings. The minimum Gasteiger partial charge on any atom is -0.376 e. The van der Waals surface area contributed by atoms with Gasteiger partial charge >= 0.3 is 0 Å². The Morgan fingerprint density at radius 1 is 1.39 bits per heavy atom. The molecule has 0 aliphatic carbocycles. The molecule has 0 fully saturated rings. The van der Waals surface area contributed by atoms with E-state index >= 15 is 0 Å². The summed E-state index contributed by atoms with van der Waals surface area (Å²) in [7, 11) is 0. The highest BCUT2D eigenvalue weighted by atomic mass is 32.1. The van der Waals surface area contributed by atoms with Crippen molar-refractivity contribution in [1.82, 2.24) is 15.0 Å². The van der Waals surface area contributed by atoms with Crippen LogP contribution in [0.25, 0.3) is 11.0 Å². The van der Waals surface area contributed by atoms with Gasteiger partial charge in [0.1, 0.15) is 10.8 Å². The minimum absolute atomic E-state index is 0.214. The van der Waals surface area contributed by atoms with Gasteiger partial charge in [-0.25, -0.2) is 9.97 Å². The first-order valence-electron chi connectivity index (χ1n) is 5.84. The Hall–Kier alpha value is -1.88. The second kappa shape index (κ2) is 4.42. The number of hydrogen-bond donors (Lipinski definition) is 2. The Labute approximate surface area is 109 Å². The summed E-state index contributed by atoms with van der Waals surface area (Å²) in [6.45, 7) is 4.08. The van der Waals surface area contributed by atoms with E-state index in [9.17, 15) is 0 Å². The van der Waals surface area contributed by atoms with Gasteiger partial charge in [0.15, 0.2) is 0 Å². The topological polar surface area (TPSA) is 53.6 Å². The van der Waals surface area contributed by atoms with Crippen LogP contribution in [-0.4, -0.2) is 15.0 Å². The van der Waals surface area contributed by atoms with Crippen LogP contribution in [-0.2, 0) is 0 Å². The van der Waals surface area contributed by atoms with E-state index in [0.29, 0.717) is 0 Å². The highest BCUT2D eigenvalue weighted by Gasteiger charge is 2.08. The number of H-pyrrole nitrogens is 1. The lowest BCUT2D eigenvalue weighted by Crippen LogP contribution is -2.05. The van der Waals surface area contributed by atoms with Gasteiger partial charge in [0.05, 0.1) is 17.1 Å². The minimum atomic E-state index is 0.214. The molecule has 0 amide bonds. The average Bonchev–Trinajstić information content (AvgIpc) is 2.95. The van der Waals surface area contributed by atoms with Crippen molar-refractivity contribution >= 4 is 28.1 Å². The molecule has 18 heavy (non-hydrogen) atoms. The number of nitrogens with zero attached hydrogens (tertiary/aromatic N) is 2. The zero-order valence-corrected chi connectivity index (χ0v) is 11.1. The van der Waals surface area contributed by atoms with Crippen molar-refractivity contribution in [3.8, 4) is 0 Å². The predicted molar refractivity (Wildman–Crippen MR) is 75.0 cm³/mol. The number of rotatable bonds is 3. The lowest BCUT2D eigenvalue weighted by Gasteiger charge is -2.12. The molecule has 0 bridgehead atoms. The zero-order valence-electron chi connectivity index (χ0n) is 10.3. The Morgan fingerprint density at radius 3 is 3.06 bits per heavy atom. The molecule has 2 aromatic heterocycles. The van der Waals surface area contributed by atoms with Crippen LogP contribution in [0.1, 0.15) is 23.8 Å². The van der Waals surface area contributed by atoms with Crippen molar-refractivity contribution in [2.45, 2.75) is 19.9 Å². The summed E-state index contributed by atoms with van der Waals surface area (Å²) < 4.78 is 0. The van der Waals surface area contributed by atoms with Crippen molar-refractivity contribution in [2.24, 2.45) is 0 Å². The van der Waals surface area contributed by atoms with Crippen LogP contribution < -0.4 is 5.32 Å². The van der Waals surface area contributed by atoms with Crippen LogP contribution in [0.5, 0.6) is 0 Å². The Bertz CT molecular complexity index is 657. The first-order valence-corrected chi connectivity index (χ1v) is 6.72. The molecular formula is C13H14N4S. The summed E-state index contributed by atoms with van der Waals surface area (Å²) in [6.07, 6.45) is 1.83. The molecule has 0 saturated heterocycles. The molecular weight excluding hydrogens is 244 g/mol. The number of nitrogens with one attached hydrogen (secondary N) is 2. The van der Waals surface area contributed by atoms with Crippen molar-refractivity contribution < 1.29 is 0 Å². The second-order valence-corrected chi connectivity index (χ2v) is 5.22. The smallest absolute Gasteiger partial charge is 0.115 e. The van der Waals surface area contributed by atoms with Gasteiger partial charge in [-0.15, -0.1) is 11.3 Å². The molecule has 0 radical (unpaired) electrons. The molecule has 0 aliphatic rings. The molecule has 92 valence electrons. The van der Waals surface area contributed by atoms with E-state index in [1.165, 1.54) is 0 Å². The van der Waals surface area contributed by atoms with E-state index in [-0.39, 0.29) is 6.04 Å². The number of aryl methyl sites for hydroxylation is 1. The van der Waals surface area contributed by atoms with Crippen LogP contribution in [0.2, 0.25) is 0 Å². The maximum absolute atomic E-state index is 4.39. The van der Waals surface area contributed by atoms with Gasteiger partial charge in [-0.05, 0) is 32.0 Å². The zero-order chi connectivity index (χ0) is 12.5. The van der Waals surface area contributed by atoms with Crippen molar-refractivity contribution in [1.29, 1.82) is 0 Å². The monoisotopic (exact) mass is 258 g/mol. The van der Waals surface area contributed by atoms with Crippen LogP contribution in [0.3, 0.4) is 0 Å². The van der Waals surface area contributed by atoms with Gasteiger partial charge in [0.25, 0.3) is 0 Å². The van der Waals surface area contributed by atoms with Gasteiger partial charge in [-0.1, -0.05) is 0 Å². The standard InChI is InChI=1S/C13H14N4S/c1-8(13-14-5-6-18-13)15-10-3-4-11-12(7-10)17-9(2)16-11/h3-8,15H,1-2H3,(H,16,17). The summed E-state index contributed by atoms with van der Waals surface area (Å²) >= 11 is 1.66. The summed E-state index contributed by atoms with van der Waals surface area (Å²) in [6, 6.07) is 6.37. The summed E-state index contributed by atoms with van der Waals surface area (Å²) in [5.74, 6) is 0.940. The number of imidazole rings is 1. The van der Waals surface area contributed by atoms with Crippen molar-refractivity contribution in [3.05, 3.63) is 40.6 Å². The average molecular weight is 258 g/mol. The van der Waals surface area contributed by atoms with Gasteiger partial charge in [0, 0.05) is 17.3 Å². The molecule has 5 heteroatoms. The third-order valence-corrected chi connectivity index (χ3v) is 3.76. The first kappa shape index (κ1) is 11.2. The second-order valence-electron chi connectivity index (χ2n) is 4.29. The number of aromatic amines is 1. The fourth-order valence-corrected chi connectivity index (χ4v) is 2.63. The number of anilines is 1. The number of thiazole rings is 1. The van der Waals surface area contributed by atoms with Gasteiger partial charge in [-0.3, -0.25) is 0 Å². The first-order chi connectivity index (χ1) is 8.72. The van der Waals surface area contributed by atoms with Crippen LogP contribution >= 0.6 is 11.3 Å². The highest BCUT2D eigenvalue weighted by Crippen LogP contribution is 2.23. The third-order valence-electron chi connectivity index (χ3n) is 2.81. The van der Waals surface area contributed by atoms with Crippen LogP contribution in [0.15, 0.2) is 29.8 Å². The normalized spacial score (nSPS) is 12.8. The molecule has 4 nitrogen and oxygen atoms in total. The SMILES string of the molecule is Cc1nc2ccc(NC(C)c3nccs3)cc2[nH]1. The fourth-order valence-electron chi connectivity index (χ4n) is 1.99. The summed E-state index contributed by atoms with van der Waals surface area (Å²) in [5.41, 5.74) is 3.14. The molecule has 0 spiro atoms. The lowest BCUT2D eigenvalue weighted by molar-refractivity contribution is 0.870. The molecule has 0 aliphatic heterocycles. The number of fused-ring (bicyclic) bond motifs is 1. The predicted octanol–water partition coefficient (Wildman–Crippen LogP) is 3.50. The molecule has 3 rings (SSSR count). The molecule has 1 atom stereocenters. The Balaban J connectivity index is 1.86. The molecule has 2 N–H and O–H groups in total. The highest BCUT2D eigenvalue weighted by molar-refractivity contribution is 7.09. The van der Waals surface area contributed by atoms with Gasteiger partial charge in [-0.2, -0.15) is 0 Å². The number of aromatic nitrogens is 3.